The van der Waals surface area contributed by atoms with Crippen LogP contribution in [0.25, 0.3) is 0 Å². The number of benzene rings is 1. The predicted molar refractivity (Wildman–Crippen MR) is 52.7 cm³/mol. The van der Waals surface area contributed by atoms with Crippen LogP contribution in [-0.4, -0.2) is 0 Å². The first-order chi connectivity index (χ1) is 5.20. The minimum atomic E-state index is 0.730. The van der Waals surface area contributed by atoms with Gasteiger partial charge in [-0.3, -0.25) is 0 Å². The third-order valence-corrected chi connectivity index (χ3v) is 2.36. The molecule has 0 N–H and O–H groups in total. The lowest BCUT2D eigenvalue weighted by molar-refractivity contribution is 0.645. The molecule has 0 bridgehead atoms. The van der Waals surface area contributed by atoms with E-state index in [0.29, 0.717) is 0 Å². The molecule has 1 aromatic carbocycles. The highest BCUT2D eigenvalue weighted by Gasteiger charge is 2.00. The first-order valence-corrected chi connectivity index (χ1v) is 4.73. The highest BCUT2D eigenvalue weighted by Crippen LogP contribution is 2.18. The van der Waals surface area contributed by atoms with Crippen LogP contribution in [0.2, 0.25) is 0 Å². The van der Waals surface area contributed by atoms with Crippen LogP contribution in [-0.2, 0) is 6.42 Å². The number of rotatable bonds is 2. The van der Waals surface area contributed by atoms with E-state index in [1.807, 2.05) is 6.07 Å². The Hall–Kier alpha value is -0.300. The Bertz CT molecular complexity index is 228. The number of hydrogen-bond acceptors (Lipinski definition) is 0. The summed E-state index contributed by atoms with van der Waals surface area (Å²) in [6, 6.07) is 8.40. The Labute approximate surface area is 76.8 Å². The molecule has 0 aromatic heterocycles. The second kappa shape index (κ2) is 3.91. The van der Waals surface area contributed by atoms with Crippen LogP contribution < -0.4 is 0 Å². The Balaban J connectivity index is 2.78. The highest BCUT2D eigenvalue weighted by molar-refractivity contribution is 9.10. The van der Waals surface area contributed by atoms with E-state index in [2.05, 4.69) is 48.0 Å². The molecule has 1 rings (SSSR count). The molecule has 1 aromatic rings. The third-order valence-electron chi connectivity index (χ3n) is 1.59. The summed E-state index contributed by atoms with van der Waals surface area (Å²) in [4.78, 5) is 0. The molecule has 0 radical (unpaired) electrons. The average molecular weight is 213 g/mol. The largest absolute Gasteiger partial charge is 0.0625 e. The van der Waals surface area contributed by atoms with Gasteiger partial charge < -0.3 is 0 Å². The minimum Gasteiger partial charge on any atom is -0.0625 e. The lowest BCUT2D eigenvalue weighted by Gasteiger charge is -2.05. The van der Waals surface area contributed by atoms with Crippen molar-refractivity contribution in [3.63, 3.8) is 0 Å². The second-order valence-electron chi connectivity index (χ2n) is 3.19. The summed E-state index contributed by atoms with van der Waals surface area (Å²) in [6.07, 6.45) is 1.15. The van der Waals surface area contributed by atoms with Crippen molar-refractivity contribution in [3.05, 3.63) is 34.3 Å². The van der Waals surface area contributed by atoms with Gasteiger partial charge in [-0.15, -0.1) is 0 Å². The summed E-state index contributed by atoms with van der Waals surface area (Å²) in [5.41, 5.74) is 1.41. The Kier molecular flexibility index (Phi) is 3.13. The van der Waals surface area contributed by atoms with Crippen LogP contribution in [0.5, 0.6) is 0 Å². The summed E-state index contributed by atoms with van der Waals surface area (Å²) in [6.45, 7) is 4.47. The van der Waals surface area contributed by atoms with Gasteiger partial charge in [0.15, 0.2) is 0 Å². The topological polar surface area (TPSA) is 0 Å². The molecular weight excluding hydrogens is 200 g/mol. The molecule has 11 heavy (non-hydrogen) atoms. The van der Waals surface area contributed by atoms with E-state index in [1.54, 1.807) is 0 Å². The minimum absolute atomic E-state index is 0.730. The predicted octanol–water partition coefficient (Wildman–Crippen LogP) is 3.65. The summed E-state index contributed by atoms with van der Waals surface area (Å²) >= 11 is 3.52. The first kappa shape index (κ1) is 8.79. The van der Waals surface area contributed by atoms with Gasteiger partial charge in [-0.2, -0.15) is 0 Å². The van der Waals surface area contributed by atoms with E-state index in [9.17, 15) is 0 Å². The molecule has 0 nitrogen and oxygen atoms in total. The van der Waals surface area contributed by atoms with E-state index in [4.69, 9.17) is 0 Å². The van der Waals surface area contributed by atoms with Crippen molar-refractivity contribution in [3.8, 4) is 0 Å². The lowest BCUT2D eigenvalue weighted by atomic mass is 10.0. The zero-order valence-corrected chi connectivity index (χ0v) is 8.56. The van der Waals surface area contributed by atoms with Gasteiger partial charge in [0, 0.05) is 4.47 Å². The molecule has 0 saturated carbocycles. The van der Waals surface area contributed by atoms with Crippen molar-refractivity contribution < 1.29 is 0 Å². The maximum atomic E-state index is 3.52. The van der Waals surface area contributed by atoms with Crippen molar-refractivity contribution in [2.24, 2.45) is 5.92 Å². The van der Waals surface area contributed by atoms with Gasteiger partial charge >= 0.3 is 0 Å². The molecule has 0 aliphatic heterocycles. The van der Waals surface area contributed by atoms with E-state index >= 15 is 0 Å². The first-order valence-electron chi connectivity index (χ1n) is 3.93. The van der Waals surface area contributed by atoms with Crippen molar-refractivity contribution in [1.82, 2.24) is 0 Å². The monoisotopic (exact) mass is 212 g/mol. The molecule has 1 heteroatoms. The SMILES string of the molecule is CC(C)Cc1ccccc1Br. The summed E-state index contributed by atoms with van der Waals surface area (Å²) in [7, 11) is 0. The van der Waals surface area contributed by atoms with E-state index in [0.717, 1.165) is 12.3 Å². The van der Waals surface area contributed by atoms with Gasteiger partial charge in [-0.05, 0) is 24.0 Å². The van der Waals surface area contributed by atoms with Crippen molar-refractivity contribution in [2.75, 3.05) is 0 Å². The molecule has 0 heterocycles. The third kappa shape index (κ3) is 2.66. The zero-order valence-electron chi connectivity index (χ0n) is 6.97. The van der Waals surface area contributed by atoms with Crippen LogP contribution >= 0.6 is 15.9 Å². The smallest absolute Gasteiger partial charge is 0.0207 e. The van der Waals surface area contributed by atoms with E-state index in [1.165, 1.54) is 10.0 Å². The summed E-state index contributed by atoms with van der Waals surface area (Å²) in [5.74, 6) is 0.730. The fourth-order valence-electron chi connectivity index (χ4n) is 1.10. The maximum Gasteiger partial charge on any atom is 0.0207 e. The molecular formula is C10H13Br. The van der Waals surface area contributed by atoms with Gasteiger partial charge in [-0.25, -0.2) is 0 Å². The lowest BCUT2D eigenvalue weighted by Crippen LogP contribution is -1.94. The summed E-state index contributed by atoms with van der Waals surface area (Å²) in [5, 5.41) is 0. The van der Waals surface area contributed by atoms with Gasteiger partial charge in [-0.1, -0.05) is 48.0 Å². The number of hydrogen-bond donors (Lipinski definition) is 0. The number of halogens is 1. The standard InChI is InChI=1S/C10H13Br/c1-8(2)7-9-5-3-4-6-10(9)11/h3-6,8H,7H2,1-2H3. The normalized spacial score (nSPS) is 10.5. The quantitative estimate of drug-likeness (QED) is 0.703. The molecule has 60 valence electrons. The van der Waals surface area contributed by atoms with E-state index < -0.39 is 0 Å². The van der Waals surface area contributed by atoms with Crippen LogP contribution in [0.1, 0.15) is 19.4 Å². The van der Waals surface area contributed by atoms with Gasteiger partial charge in [0.2, 0.25) is 0 Å². The molecule has 0 amide bonds. The maximum absolute atomic E-state index is 3.52. The Morgan fingerprint density at radius 3 is 2.45 bits per heavy atom. The van der Waals surface area contributed by atoms with Crippen molar-refractivity contribution >= 4 is 15.9 Å². The van der Waals surface area contributed by atoms with Crippen LogP contribution in [0, 0.1) is 5.92 Å². The Morgan fingerprint density at radius 2 is 1.91 bits per heavy atom. The molecule has 0 aliphatic carbocycles. The van der Waals surface area contributed by atoms with Crippen LogP contribution in [0.3, 0.4) is 0 Å². The molecule has 0 spiro atoms. The van der Waals surface area contributed by atoms with Crippen LogP contribution in [0.4, 0.5) is 0 Å². The van der Waals surface area contributed by atoms with Gasteiger partial charge in [0.05, 0.1) is 0 Å². The second-order valence-corrected chi connectivity index (χ2v) is 4.04. The highest BCUT2D eigenvalue weighted by atomic mass is 79.9. The summed E-state index contributed by atoms with van der Waals surface area (Å²) < 4.78 is 1.23. The zero-order chi connectivity index (χ0) is 8.27. The van der Waals surface area contributed by atoms with E-state index in [-0.39, 0.29) is 0 Å². The van der Waals surface area contributed by atoms with Crippen molar-refractivity contribution in [2.45, 2.75) is 20.3 Å². The Morgan fingerprint density at radius 1 is 1.27 bits per heavy atom. The molecule has 0 atom stereocenters. The molecule has 0 saturated heterocycles. The fraction of sp³-hybridized carbons (Fsp3) is 0.400. The molecule has 0 unspecified atom stereocenters. The molecule has 0 aliphatic rings. The van der Waals surface area contributed by atoms with Gasteiger partial charge in [0.1, 0.15) is 0 Å². The van der Waals surface area contributed by atoms with Gasteiger partial charge in [0.25, 0.3) is 0 Å². The average Bonchev–Trinajstić information content (AvgIpc) is 1.93. The van der Waals surface area contributed by atoms with Crippen molar-refractivity contribution in [1.29, 1.82) is 0 Å². The van der Waals surface area contributed by atoms with Crippen LogP contribution in [0.15, 0.2) is 28.7 Å². The fourth-order valence-corrected chi connectivity index (χ4v) is 1.55. The molecule has 0 fully saturated rings.